The van der Waals surface area contributed by atoms with Crippen molar-refractivity contribution < 1.29 is 9.90 Å². The summed E-state index contributed by atoms with van der Waals surface area (Å²) in [6.07, 6.45) is 9.06. The zero-order valence-corrected chi connectivity index (χ0v) is 16.9. The molecule has 156 valence electrons. The molecule has 0 saturated heterocycles. The molecule has 31 heavy (non-hydrogen) atoms. The number of nitrogens with zero attached hydrogens (tertiary/aromatic N) is 4. The van der Waals surface area contributed by atoms with Crippen LogP contribution in [0.15, 0.2) is 77.9 Å². The Kier molecular flexibility index (Phi) is 4.78. The van der Waals surface area contributed by atoms with E-state index in [1.165, 1.54) is 11.6 Å². The number of pyridine rings is 2. The maximum absolute atomic E-state index is 13.2. The van der Waals surface area contributed by atoms with Gasteiger partial charge in [0.15, 0.2) is 11.4 Å². The Balaban J connectivity index is 1.80. The number of amides is 1. The van der Waals surface area contributed by atoms with Crippen molar-refractivity contribution in [3.63, 3.8) is 0 Å². The first-order valence-corrected chi connectivity index (χ1v) is 10.3. The Labute approximate surface area is 179 Å². The number of aromatic nitrogens is 2. The van der Waals surface area contributed by atoms with Crippen molar-refractivity contribution in [2.75, 3.05) is 18.2 Å². The molecule has 0 unspecified atom stereocenters. The number of fused-ring (bicyclic) bond motifs is 5. The van der Waals surface area contributed by atoms with Crippen molar-refractivity contribution in [2.45, 2.75) is 18.9 Å². The summed E-state index contributed by atoms with van der Waals surface area (Å²) in [5, 5.41) is 12.5. The van der Waals surface area contributed by atoms with Gasteiger partial charge in [-0.2, -0.15) is 0 Å². The minimum atomic E-state index is -0.573. The molecule has 0 aliphatic carbocycles. The summed E-state index contributed by atoms with van der Waals surface area (Å²) < 4.78 is 1.60. The molecule has 2 aliphatic heterocycles. The number of carbonyl (C=O) groups is 1. The maximum Gasteiger partial charge on any atom is 0.278 e. The van der Waals surface area contributed by atoms with E-state index in [1.807, 2.05) is 41.4 Å². The molecule has 7 heteroatoms. The number of rotatable bonds is 1. The number of hydrogen-bond acceptors (Lipinski definition) is 5. The van der Waals surface area contributed by atoms with E-state index in [0.29, 0.717) is 6.54 Å². The van der Waals surface area contributed by atoms with Crippen molar-refractivity contribution in [1.82, 2.24) is 14.6 Å². The van der Waals surface area contributed by atoms with Gasteiger partial charge in [-0.15, -0.1) is 0 Å². The van der Waals surface area contributed by atoms with Gasteiger partial charge in [-0.25, -0.2) is 0 Å². The van der Waals surface area contributed by atoms with Crippen molar-refractivity contribution in [2.24, 2.45) is 0 Å². The van der Waals surface area contributed by atoms with Crippen LogP contribution < -0.4 is 10.4 Å². The second-order valence-electron chi connectivity index (χ2n) is 7.70. The van der Waals surface area contributed by atoms with Crippen LogP contribution in [-0.4, -0.2) is 38.8 Å². The van der Waals surface area contributed by atoms with Crippen LogP contribution in [0.5, 0.6) is 5.75 Å². The normalized spacial score (nSPS) is 19.2. The van der Waals surface area contributed by atoms with Gasteiger partial charge in [0.25, 0.3) is 5.91 Å². The van der Waals surface area contributed by atoms with Crippen LogP contribution in [0.4, 0.5) is 0 Å². The smallest absolute Gasteiger partial charge is 0.278 e. The molecule has 1 amide bonds. The largest absolute Gasteiger partial charge is 0.502 e. The molecule has 1 N–H and O–H groups in total. The van der Waals surface area contributed by atoms with E-state index in [4.69, 9.17) is 0 Å². The number of aryl methyl sites for hydroxylation is 1. The highest BCUT2D eigenvalue weighted by Crippen LogP contribution is 2.33. The van der Waals surface area contributed by atoms with Crippen LogP contribution in [0, 0.1) is 0 Å². The standard InChI is InChI=1S/C24H22N4O3/c29-20-12-15-27-22(23(20)30)24(31)26-14-7-1-2-8-17-9-3-4-10-18(17)21(28(27)16-26)19-11-5-6-13-25-19/h1,3-7,9-13,15,21,30H,2,8,14,16H2/b7-1-/t21-/m0/s1. The molecule has 0 spiro atoms. The van der Waals surface area contributed by atoms with Crippen LogP contribution in [0.1, 0.15) is 39.8 Å². The fourth-order valence-corrected chi connectivity index (χ4v) is 4.33. The lowest BCUT2D eigenvalue weighted by atomic mass is 9.94. The van der Waals surface area contributed by atoms with Gasteiger partial charge < -0.3 is 10.0 Å². The molecule has 2 aromatic heterocycles. The average Bonchev–Trinajstić information content (AvgIpc) is 2.82. The van der Waals surface area contributed by atoms with Crippen LogP contribution in [0.2, 0.25) is 0 Å². The summed E-state index contributed by atoms with van der Waals surface area (Å²) in [6, 6.07) is 15.0. The Bertz CT molecular complexity index is 1220. The van der Waals surface area contributed by atoms with Gasteiger partial charge in [0.1, 0.15) is 12.7 Å². The molecule has 0 fully saturated rings. The first kappa shape index (κ1) is 19.1. The lowest BCUT2D eigenvalue weighted by Gasteiger charge is -2.43. The molecular weight excluding hydrogens is 392 g/mol. The summed E-state index contributed by atoms with van der Waals surface area (Å²) in [7, 11) is 0. The predicted octanol–water partition coefficient (Wildman–Crippen LogP) is 2.59. The van der Waals surface area contributed by atoms with E-state index < -0.39 is 11.2 Å². The molecule has 0 saturated carbocycles. The maximum atomic E-state index is 13.2. The predicted molar refractivity (Wildman–Crippen MR) is 116 cm³/mol. The van der Waals surface area contributed by atoms with Crippen molar-refractivity contribution in [1.29, 1.82) is 0 Å². The summed E-state index contributed by atoms with van der Waals surface area (Å²) in [6.45, 7) is 0.678. The van der Waals surface area contributed by atoms with Crippen LogP contribution in [-0.2, 0) is 6.42 Å². The Hall–Kier alpha value is -3.87. The summed E-state index contributed by atoms with van der Waals surface area (Å²) >= 11 is 0. The molecule has 3 aromatic rings. The van der Waals surface area contributed by atoms with Crippen molar-refractivity contribution in [3.8, 4) is 5.75 Å². The van der Waals surface area contributed by atoms with Gasteiger partial charge in [0, 0.05) is 25.0 Å². The zero-order valence-electron chi connectivity index (χ0n) is 16.9. The van der Waals surface area contributed by atoms with E-state index in [2.05, 4.69) is 23.2 Å². The second-order valence-corrected chi connectivity index (χ2v) is 7.70. The average molecular weight is 414 g/mol. The van der Waals surface area contributed by atoms with Gasteiger partial charge >= 0.3 is 0 Å². The first-order chi connectivity index (χ1) is 15.1. The van der Waals surface area contributed by atoms with Gasteiger partial charge in [-0.3, -0.25) is 24.3 Å². The molecular formula is C24H22N4O3. The van der Waals surface area contributed by atoms with E-state index in [0.717, 1.165) is 24.1 Å². The van der Waals surface area contributed by atoms with Crippen molar-refractivity contribution in [3.05, 3.63) is 106 Å². The first-order valence-electron chi connectivity index (χ1n) is 10.3. The van der Waals surface area contributed by atoms with Gasteiger partial charge in [0.05, 0.1) is 5.69 Å². The molecule has 4 heterocycles. The Morgan fingerprint density at radius 1 is 1.00 bits per heavy atom. The number of allylic oxidation sites excluding steroid dienone is 1. The topological polar surface area (TPSA) is 78.7 Å². The number of benzene rings is 1. The van der Waals surface area contributed by atoms with Crippen molar-refractivity contribution >= 4 is 5.91 Å². The zero-order chi connectivity index (χ0) is 21.4. The van der Waals surface area contributed by atoms with Gasteiger partial charge in [0.2, 0.25) is 5.43 Å². The van der Waals surface area contributed by atoms with Crippen LogP contribution in [0.3, 0.4) is 0 Å². The minimum absolute atomic E-state index is 0.0233. The fraction of sp³-hybridized carbons (Fsp3) is 0.208. The third-order valence-corrected chi connectivity index (χ3v) is 5.82. The van der Waals surface area contributed by atoms with Crippen LogP contribution >= 0.6 is 0 Å². The molecule has 0 radical (unpaired) electrons. The highest BCUT2D eigenvalue weighted by atomic mass is 16.3. The lowest BCUT2D eigenvalue weighted by Crippen LogP contribution is -2.55. The Morgan fingerprint density at radius 2 is 1.84 bits per heavy atom. The summed E-state index contributed by atoms with van der Waals surface area (Å²) in [5.41, 5.74) is 2.50. The molecule has 7 nitrogen and oxygen atoms in total. The van der Waals surface area contributed by atoms with E-state index >= 15 is 0 Å². The molecule has 2 bridgehead atoms. The number of carbonyl (C=O) groups excluding carboxylic acids is 1. The van der Waals surface area contributed by atoms with Crippen LogP contribution in [0.25, 0.3) is 0 Å². The van der Waals surface area contributed by atoms with Gasteiger partial charge in [-0.1, -0.05) is 42.5 Å². The summed E-state index contributed by atoms with van der Waals surface area (Å²) in [5.74, 6) is -0.905. The van der Waals surface area contributed by atoms with Gasteiger partial charge in [-0.05, 0) is 36.1 Å². The highest BCUT2D eigenvalue weighted by molar-refractivity contribution is 5.96. The lowest BCUT2D eigenvalue weighted by molar-refractivity contribution is 0.0701. The quantitative estimate of drug-likeness (QED) is 0.620. The SMILES string of the molecule is O=C1c2c(O)c(=O)ccn2N2CN1C/C=C\CCc1ccccc1[C@H]2c1ccccn1. The van der Waals surface area contributed by atoms with E-state index in [-0.39, 0.29) is 24.3 Å². The molecule has 5 rings (SSSR count). The third-order valence-electron chi connectivity index (χ3n) is 5.82. The third kappa shape index (κ3) is 3.28. The molecule has 1 atom stereocenters. The molecule has 1 aromatic carbocycles. The van der Waals surface area contributed by atoms with E-state index in [9.17, 15) is 14.7 Å². The summed E-state index contributed by atoms with van der Waals surface area (Å²) in [4.78, 5) is 31.6. The molecule has 2 aliphatic rings. The number of aromatic hydroxyl groups is 1. The highest BCUT2D eigenvalue weighted by Gasteiger charge is 2.37. The minimum Gasteiger partial charge on any atom is -0.502 e. The second kappa shape index (κ2) is 7.75. The van der Waals surface area contributed by atoms with E-state index in [1.54, 1.807) is 22.0 Å². The number of hydrogen-bond donors (Lipinski definition) is 1. The Morgan fingerprint density at radius 3 is 2.68 bits per heavy atom. The fourth-order valence-electron chi connectivity index (χ4n) is 4.33. The monoisotopic (exact) mass is 414 g/mol.